The lowest BCUT2D eigenvalue weighted by molar-refractivity contribution is -0.142. The van der Waals surface area contributed by atoms with Gasteiger partial charge in [-0.25, -0.2) is 0 Å². The zero-order valence-electron chi connectivity index (χ0n) is 14.9. The highest BCUT2D eigenvalue weighted by Gasteiger charge is 2.28. The van der Waals surface area contributed by atoms with E-state index in [9.17, 15) is 13.2 Å². The number of aromatic nitrogens is 1. The van der Waals surface area contributed by atoms with Crippen molar-refractivity contribution in [3.63, 3.8) is 0 Å². The van der Waals surface area contributed by atoms with Crippen molar-refractivity contribution < 1.29 is 13.2 Å². The van der Waals surface area contributed by atoms with Crippen molar-refractivity contribution in [1.29, 1.82) is 0 Å². The van der Waals surface area contributed by atoms with Gasteiger partial charge in [-0.15, -0.1) is 24.0 Å². The fourth-order valence-corrected chi connectivity index (χ4v) is 2.62. The van der Waals surface area contributed by atoms with Crippen LogP contribution < -0.4 is 10.6 Å². The Labute approximate surface area is 168 Å². The van der Waals surface area contributed by atoms with E-state index < -0.39 is 12.7 Å². The third-order valence-corrected chi connectivity index (χ3v) is 3.82. The third-order valence-electron chi connectivity index (χ3n) is 3.82. The molecule has 0 saturated heterocycles. The quantitative estimate of drug-likeness (QED) is 0.323. The van der Waals surface area contributed by atoms with Crippen molar-refractivity contribution >= 4 is 40.8 Å². The van der Waals surface area contributed by atoms with Gasteiger partial charge in [-0.1, -0.05) is 18.2 Å². The Morgan fingerprint density at radius 1 is 1.19 bits per heavy atom. The first-order chi connectivity index (χ1) is 11.9. The van der Waals surface area contributed by atoms with Gasteiger partial charge in [0.25, 0.3) is 0 Å². The van der Waals surface area contributed by atoms with E-state index >= 15 is 0 Å². The van der Waals surface area contributed by atoms with E-state index in [0.29, 0.717) is 19.0 Å². The standard InChI is InChI=1S/C17H24F3N5.HI/c1-21-16(23-9-10-25(2)12-17(18,19)20)22-8-7-13-11-24-15-6-4-3-5-14(13)15;/h3-6,11,24H,7-10,12H2,1-2H3,(H2,21,22,23);1H. The number of hydrogen-bond donors (Lipinski definition) is 3. The Kier molecular flexibility index (Phi) is 9.20. The second kappa shape index (κ2) is 10.6. The number of hydrogen-bond acceptors (Lipinski definition) is 2. The Bertz CT molecular complexity index is 699. The minimum absolute atomic E-state index is 0. The van der Waals surface area contributed by atoms with Gasteiger partial charge in [0.05, 0.1) is 6.54 Å². The van der Waals surface area contributed by atoms with Gasteiger partial charge in [-0.2, -0.15) is 13.2 Å². The predicted molar refractivity (Wildman–Crippen MR) is 110 cm³/mol. The minimum Gasteiger partial charge on any atom is -0.361 e. The second-order valence-electron chi connectivity index (χ2n) is 5.89. The molecule has 0 radical (unpaired) electrons. The highest BCUT2D eigenvalue weighted by Crippen LogP contribution is 2.17. The van der Waals surface area contributed by atoms with Gasteiger partial charge in [-0.3, -0.25) is 9.89 Å². The number of para-hydroxylation sites is 1. The lowest BCUT2D eigenvalue weighted by atomic mass is 10.1. The van der Waals surface area contributed by atoms with Crippen molar-refractivity contribution in [2.75, 3.05) is 40.3 Å². The molecule has 1 aromatic heterocycles. The molecule has 1 heterocycles. The number of aromatic amines is 1. The maximum Gasteiger partial charge on any atom is 0.401 e. The number of guanidine groups is 1. The fraction of sp³-hybridized carbons (Fsp3) is 0.471. The molecular formula is C17H25F3IN5. The first-order valence-corrected chi connectivity index (χ1v) is 8.14. The molecule has 2 rings (SSSR count). The van der Waals surface area contributed by atoms with E-state index in [2.05, 4.69) is 26.7 Å². The highest BCUT2D eigenvalue weighted by molar-refractivity contribution is 14.0. The summed E-state index contributed by atoms with van der Waals surface area (Å²) < 4.78 is 36.8. The monoisotopic (exact) mass is 483 g/mol. The van der Waals surface area contributed by atoms with Gasteiger partial charge in [-0.05, 0) is 25.1 Å². The number of nitrogens with zero attached hydrogens (tertiary/aromatic N) is 2. The molecule has 5 nitrogen and oxygen atoms in total. The van der Waals surface area contributed by atoms with Crippen molar-refractivity contribution in [2.24, 2.45) is 4.99 Å². The SMILES string of the molecule is CN=C(NCCc1c[nH]c2ccccc12)NCCN(C)CC(F)(F)F.I. The molecule has 0 unspecified atom stereocenters. The molecule has 0 aliphatic heterocycles. The van der Waals surface area contributed by atoms with Crippen LogP contribution in [0.1, 0.15) is 5.56 Å². The summed E-state index contributed by atoms with van der Waals surface area (Å²) in [4.78, 5) is 8.55. The van der Waals surface area contributed by atoms with Crippen molar-refractivity contribution in [3.8, 4) is 0 Å². The molecule has 0 bridgehead atoms. The lowest BCUT2D eigenvalue weighted by Crippen LogP contribution is -2.42. The van der Waals surface area contributed by atoms with Gasteiger partial charge < -0.3 is 15.6 Å². The van der Waals surface area contributed by atoms with Gasteiger partial charge >= 0.3 is 6.18 Å². The highest BCUT2D eigenvalue weighted by atomic mass is 127. The molecule has 2 aromatic rings. The van der Waals surface area contributed by atoms with E-state index in [0.717, 1.165) is 11.9 Å². The Balaban J connectivity index is 0.00000338. The number of nitrogens with one attached hydrogen (secondary N) is 3. The third kappa shape index (κ3) is 7.40. The molecule has 26 heavy (non-hydrogen) atoms. The lowest BCUT2D eigenvalue weighted by Gasteiger charge is -2.19. The van der Waals surface area contributed by atoms with E-state index in [4.69, 9.17) is 0 Å². The number of benzene rings is 1. The van der Waals surface area contributed by atoms with Crippen LogP contribution in [0.5, 0.6) is 0 Å². The Morgan fingerprint density at radius 3 is 2.58 bits per heavy atom. The van der Waals surface area contributed by atoms with Crippen LogP contribution in [0.3, 0.4) is 0 Å². The summed E-state index contributed by atoms with van der Waals surface area (Å²) in [5.41, 5.74) is 2.32. The number of alkyl halides is 3. The number of fused-ring (bicyclic) bond motifs is 1. The van der Waals surface area contributed by atoms with Gasteiger partial charge in [0.1, 0.15) is 0 Å². The number of H-pyrrole nitrogens is 1. The van der Waals surface area contributed by atoms with Crippen LogP contribution in [0, 0.1) is 0 Å². The largest absolute Gasteiger partial charge is 0.401 e. The molecule has 0 spiro atoms. The number of halogens is 4. The van der Waals surface area contributed by atoms with Gasteiger partial charge in [0.15, 0.2) is 5.96 Å². The summed E-state index contributed by atoms with van der Waals surface area (Å²) in [7, 11) is 3.09. The first kappa shape index (κ1) is 22.6. The zero-order chi connectivity index (χ0) is 18.3. The second-order valence-corrected chi connectivity index (χ2v) is 5.89. The molecule has 146 valence electrons. The van der Waals surface area contributed by atoms with Crippen LogP contribution in [0.15, 0.2) is 35.5 Å². The molecule has 9 heteroatoms. The molecule has 0 saturated carbocycles. The summed E-state index contributed by atoms with van der Waals surface area (Å²) in [6, 6.07) is 8.10. The van der Waals surface area contributed by atoms with Crippen LogP contribution >= 0.6 is 24.0 Å². The average Bonchev–Trinajstić information content (AvgIpc) is 2.95. The number of aliphatic imine (C=N–C) groups is 1. The van der Waals surface area contributed by atoms with Crippen LogP contribution in [-0.2, 0) is 6.42 Å². The Morgan fingerprint density at radius 2 is 1.88 bits per heavy atom. The van der Waals surface area contributed by atoms with E-state index in [1.54, 1.807) is 7.05 Å². The first-order valence-electron chi connectivity index (χ1n) is 8.14. The normalized spacial score (nSPS) is 12.3. The minimum atomic E-state index is -4.17. The Hall–Kier alpha value is -1.49. The topological polar surface area (TPSA) is 55.5 Å². The van der Waals surface area contributed by atoms with Gasteiger partial charge in [0, 0.05) is 43.8 Å². The summed E-state index contributed by atoms with van der Waals surface area (Å²) in [5, 5.41) is 7.40. The molecule has 0 fully saturated rings. The van der Waals surface area contributed by atoms with Crippen molar-refractivity contribution in [3.05, 3.63) is 36.0 Å². The summed E-state index contributed by atoms with van der Waals surface area (Å²) in [6.45, 7) is 0.434. The summed E-state index contributed by atoms with van der Waals surface area (Å²) in [5.74, 6) is 0.584. The van der Waals surface area contributed by atoms with E-state index in [1.807, 2.05) is 24.4 Å². The maximum atomic E-state index is 12.3. The number of rotatable bonds is 7. The fourth-order valence-electron chi connectivity index (χ4n) is 2.62. The molecule has 0 amide bonds. The molecule has 3 N–H and O–H groups in total. The van der Waals surface area contributed by atoms with Crippen LogP contribution in [0.25, 0.3) is 10.9 Å². The zero-order valence-corrected chi connectivity index (χ0v) is 17.2. The van der Waals surface area contributed by atoms with Crippen molar-refractivity contribution in [1.82, 2.24) is 20.5 Å². The molecule has 0 aliphatic rings. The average molecular weight is 483 g/mol. The molecule has 1 aromatic carbocycles. The van der Waals surface area contributed by atoms with E-state index in [-0.39, 0.29) is 30.5 Å². The van der Waals surface area contributed by atoms with Crippen LogP contribution in [0.2, 0.25) is 0 Å². The summed E-state index contributed by atoms with van der Waals surface area (Å²) >= 11 is 0. The summed E-state index contributed by atoms with van der Waals surface area (Å²) in [6.07, 6.45) is -1.36. The van der Waals surface area contributed by atoms with Crippen molar-refractivity contribution in [2.45, 2.75) is 12.6 Å². The van der Waals surface area contributed by atoms with Gasteiger partial charge in [0.2, 0.25) is 0 Å². The maximum absolute atomic E-state index is 12.3. The van der Waals surface area contributed by atoms with E-state index in [1.165, 1.54) is 22.9 Å². The number of likely N-dealkylation sites (N-methyl/N-ethyl adjacent to an activating group) is 1. The van der Waals surface area contributed by atoms with Crippen LogP contribution in [-0.4, -0.2) is 62.3 Å². The molecule has 0 atom stereocenters. The molecular weight excluding hydrogens is 458 g/mol. The van der Waals surface area contributed by atoms with Crippen LogP contribution in [0.4, 0.5) is 13.2 Å². The molecule has 0 aliphatic carbocycles. The smallest absolute Gasteiger partial charge is 0.361 e. The predicted octanol–water partition coefficient (Wildman–Crippen LogP) is 2.99.